The summed E-state index contributed by atoms with van der Waals surface area (Å²) in [5, 5.41) is 11.7. The van der Waals surface area contributed by atoms with Crippen molar-refractivity contribution in [3.63, 3.8) is 0 Å². The van der Waals surface area contributed by atoms with E-state index < -0.39 is 0 Å². The third-order valence-electron chi connectivity index (χ3n) is 4.07. The Labute approximate surface area is 147 Å². The van der Waals surface area contributed by atoms with Gasteiger partial charge >= 0.3 is 0 Å². The zero-order valence-electron chi connectivity index (χ0n) is 13.9. The van der Waals surface area contributed by atoms with Crippen molar-refractivity contribution in [2.75, 3.05) is 11.9 Å². The van der Waals surface area contributed by atoms with Crippen LogP contribution in [0.5, 0.6) is 11.5 Å². The zero-order chi connectivity index (χ0) is 17.5. The van der Waals surface area contributed by atoms with Crippen molar-refractivity contribution in [2.45, 2.75) is 31.8 Å². The van der Waals surface area contributed by atoms with Crippen LogP contribution < -0.4 is 10.1 Å². The maximum absolute atomic E-state index is 12.0. The number of hydrogen-bond acceptors (Lipinski definition) is 4. The lowest BCUT2D eigenvalue weighted by molar-refractivity contribution is -0.116. The normalized spacial score (nSPS) is 16.2. The number of amides is 1. The monoisotopic (exact) mass is 336 g/mol. The molecule has 2 aromatic rings. The van der Waals surface area contributed by atoms with Crippen LogP contribution in [-0.2, 0) is 9.53 Å². The molecule has 0 radical (unpaired) electrons. The number of benzene rings is 2. The van der Waals surface area contributed by atoms with E-state index in [1.54, 1.807) is 36.4 Å². The molecule has 128 valence electrons. The molecular weight excluding hydrogens is 316 g/mol. The smallest absolute Gasteiger partial charge is 0.224 e. The Morgan fingerprint density at radius 3 is 2.44 bits per heavy atom. The van der Waals surface area contributed by atoms with Gasteiger partial charge in [0.05, 0.1) is 17.7 Å². The third-order valence-corrected chi connectivity index (χ3v) is 4.07. The van der Waals surface area contributed by atoms with Gasteiger partial charge in [-0.1, -0.05) is 0 Å². The van der Waals surface area contributed by atoms with Crippen molar-refractivity contribution in [2.24, 2.45) is 0 Å². The fraction of sp³-hybridized carbons (Fsp3) is 0.300. The minimum atomic E-state index is -0.00346. The predicted molar refractivity (Wildman–Crippen MR) is 94.5 cm³/mol. The molecule has 1 heterocycles. The number of carbonyl (C=O) groups is 1. The van der Waals surface area contributed by atoms with Crippen molar-refractivity contribution in [1.29, 1.82) is 5.26 Å². The van der Waals surface area contributed by atoms with Gasteiger partial charge in [-0.3, -0.25) is 4.79 Å². The number of nitriles is 1. The molecule has 1 unspecified atom stereocenters. The summed E-state index contributed by atoms with van der Waals surface area (Å²) >= 11 is 0. The molecule has 0 spiro atoms. The Morgan fingerprint density at radius 2 is 1.84 bits per heavy atom. The molecule has 0 aromatic heterocycles. The van der Waals surface area contributed by atoms with Crippen molar-refractivity contribution in [1.82, 2.24) is 0 Å². The summed E-state index contributed by atoms with van der Waals surface area (Å²) in [6, 6.07) is 16.2. The van der Waals surface area contributed by atoms with Crippen LogP contribution in [0.1, 0.15) is 31.2 Å². The topological polar surface area (TPSA) is 71.3 Å². The van der Waals surface area contributed by atoms with Gasteiger partial charge in [-0.2, -0.15) is 5.26 Å². The average molecular weight is 336 g/mol. The van der Waals surface area contributed by atoms with Crippen LogP contribution in [0.4, 0.5) is 5.69 Å². The van der Waals surface area contributed by atoms with E-state index in [9.17, 15) is 4.79 Å². The van der Waals surface area contributed by atoms with Gasteiger partial charge in [-0.05, 0) is 67.8 Å². The Hall–Kier alpha value is -2.84. The summed E-state index contributed by atoms with van der Waals surface area (Å²) in [5.74, 6) is 1.32. The molecule has 1 saturated heterocycles. The predicted octanol–water partition coefficient (Wildman–Crippen LogP) is 4.25. The van der Waals surface area contributed by atoms with Crippen LogP contribution in [0, 0.1) is 11.3 Å². The quantitative estimate of drug-likeness (QED) is 0.856. The van der Waals surface area contributed by atoms with Crippen LogP contribution >= 0.6 is 0 Å². The third kappa shape index (κ3) is 5.07. The summed E-state index contributed by atoms with van der Waals surface area (Å²) in [5.41, 5.74) is 1.33. The lowest BCUT2D eigenvalue weighted by Gasteiger charge is -2.10. The molecule has 0 aliphatic carbocycles. The van der Waals surface area contributed by atoms with Gasteiger partial charge in [0, 0.05) is 18.7 Å². The molecule has 0 bridgehead atoms. The lowest BCUT2D eigenvalue weighted by Crippen LogP contribution is -2.15. The van der Waals surface area contributed by atoms with Crippen LogP contribution in [0.15, 0.2) is 48.5 Å². The van der Waals surface area contributed by atoms with Gasteiger partial charge in [0.2, 0.25) is 5.91 Å². The number of anilines is 1. The summed E-state index contributed by atoms with van der Waals surface area (Å²) in [6.07, 6.45) is 3.61. The number of rotatable bonds is 6. The van der Waals surface area contributed by atoms with Gasteiger partial charge in [0.25, 0.3) is 0 Å². The molecule has 1 N–H and O–H groups in total. The minimum absolute atomic E-state index is 0.00346. The number of nitrogens with one attached hydrogen (secondary N) is 1. The Kier molecular flexibility index (Phi) is 5.65. The maximum atomic E-state index is 12.0. The molecule has 1 aliphatic rings. The van der Waals surface area contributed by atoms with Crippen molar-refractivity contribution >= 4 is 11.6 Å². The summed E-state index contributed by atoms with van der Waals surface area (Å²) in [6.45, 7) is 0.812. The molecular formula is C20H20N2O3. The first-order chi connectivity index (χ1) is 12.2. The van der Waals surface area contributed by atoms with Gasteiger partial charge in [-0.15, -0.1) is 0 Å². The zero-order valence-corrected chi connectivity index (χ0v) is 13.9. The van der Waals surface area contributed by atoms with Crippen LogP contribution in [0.25, 0.3) is 0 Å². The van der Waals surface area contributed by atoms with E-state index in [2.05, 4.69) is 11.4 Å². The summed E-state index contributed by atoms with van der Waals surface area (Å²) < 4.78 is 11.2. The van der Waals surface area contributed by atoms with Crippen LogP contribution in [0.3, 0.4) is 0 Å². The van der Waals surface area contributed by atoms with Gasteiger partial charge in [0.1, 0.15) is 11.5 Å². The molecule has 5 nitrogen and oxygen atoms in total. The van der Waals surface area contributed by atoms with Crippen molar-refractivity contribution < 1.29 is 14.3 Å². The van der Waals surface area contributed by atoms with E-state index in [0.29, 0.717) is 23.5 Å². The van der Waals surface area contributed by atoms with E-state index in [0.717, 1.165) is 31.6 Å². The molecule has 2 aromatic carbocycles. The number of nitrogens with zero attached hydrogens (tertiary/aromatic N) is 1. The summed E-state index contributed by atoms with van der Waals surface area (Å²) in [7, 11) is 0. The van der Waals surface area contributed by atoms with Crippen LogP contribution in [-0.4, -0.2) is 18.6 Å². The molecule has 0 saturated carbocycles. The molecule has 3 rings (SSSR count). The lowest BCUT2D eigenvalue weighted by atomic mass is 10.1. The fourth-order valence-corrected chi connectivity index (χ4v) is 2.73. The number of hydrogen-bond donors (Lipinski definition) is 1. The minimum Gasteiger partial charge on any atom is -0.457 e. The van der Waals surface area contributed by atoms with Gasteiger partial charge in [0.15, 0.2) is 0 Å². The van der Waals surface area contributed by atoms with Crippen LogP contribution in [0.2, 0.25) is 0 Å². The highest BCUT2D eigenvalue weighted by Gasteiger charge is 2.16. The average Bonchev–Trinajstić information content (AvgIpc) is 3.16. The second-order valence-corrected chi connectivity index (χ2v) is 5.98. The molecule has 1 atom stereocenters. The van der Waals surface area contributed by atoms with Crippen molar-refractivity contribution in [3.8, 4) is 17.6 Å². The van der Waals surface area contributed by atoms with Crippen molar-refractivity contribution in [3.05, 3.63) is 54.1 Å². The Balaban J connectivity index is 1.49. The Bertz CT molecular complexity index is 742. The second kappa shape index (κ2) is 8.32. The first-order valence-electron chi connectivity index (χ1n) is 8.42. The first kappa shape index (κ1) is 17.0. The standard InChI is InChI=1S/C20H20N2O3/c21-14-15-3-7-18(8-4-15)25-19-9-5-16(6-10-19)22-20(23)12-11-17-2-1-13-24-17/h3-10,17H,1-2,11-13H2,(H,22,23). The van der Waals surface area contributed by atoms with Gasteiger partial charge in [-0.25, -0.2) is 0 Å². The summed E-state index contributed by atoms with van der Waals surface area (Å²) in [4.78, 5) is 12.0. The largest absolute Gasteiger partial charge is 0.457 e. The SMILES string of the molecule is N#Cc1ccc(Oc2ccc(NC(=O)CCC3CCCO3)cc2)cc1. The molecule has 1 amide bonds. The Morgan fingerprint density at radius 1 is 1.16 bits per heavy atom. The van der Waals surface area contributed by atoms with Gasteiger partial charge < -0.3 is 14.8 Å². The molecule has 1 fully saturated rings. The van der Waals surface area contributed by atoms with E-state index in [4.69, 9.17) is 14.7 Å². The highest BCUT2D eigenvalue weighted by Crippen LogP contribution is 2.23. The molecule has 25 heavy (non-hydrogen) atoms. The maximum Gasteiger partial charge on any atom is 0.224 e. The highest BCUT2D eigenvalue weighted by molar-refractivity contribution is 5.90. The fourth-order valence-electron chi connectivity index (χ4n) is 2.73. The highest BCUT2D eigenvalue weighted by atomic mass is 16.5. The van der Waals surface area contributed by atoms with E-state index in [1.165, 1.54) is 0 Å². The van der Waals surface area contributed by atoms with E-state index in [1.807, 2.05) is 12.1 Å². The number of ether oxygens (including phenoxy) is 2. The molecule has 5 heteroatoms. The number of carbonyl (C=O) groups excluding carboxylic acids is 1. The van der Waals surface area contributed by atoms with E-state index in [-0.39, 0.29) is 12.0 Å². The second-order valence-electron chi connectivity index (χ2n) is 5.98. The first-order valence-corrected chi connectivity index (χ1v) is 8.42. The van der Waals surface area contributed by atoms with E-state index >= 15 is 0 Å². The molecule has 1 aliphatic heterocycles.